The van der Waals surface area contributed by atoms with Gasteiger partial charge in [-0.3, -0.25) is 9.59 Å². The smallest absolute Gasteiger partial charge is 0.278 e. The molecule has 4 rings (SSSR count). The molecule has 31 heavy (non-hydrogen) atoms. The van der Waals surface area contributed by atoms with Crippen molar-refractivity contribution in [3.63, 3.8) is 0 Å². The van der Waals surface area contributed by atoms with Crippen LogP contribution in [0.1, 0.15) is 45.3 Å². The van der Waals surface area contributed by atoms with Crippen LogP contribution < -0.4 is 10.6 Å². The van der Waals surface area contributed by atoms with Gasteiger partial charge in [0, 0.05) is 20.0 Å². The van der Waals surface area contributed by atoms with Crippen molar-refractivity contribution in [1.82, 2.24) is 24.8 Å². The molecule has 1 aromatic carbocycles. The van der Waals surface area contributed by atoms with Gasteiger partial charge in [-0.1, -0.05) is 6.07 Å². The fourth-order valence-electron chi connectivity index (χ4n) is 2.97. The van der Waals surface area contributed by atoms with Crippen molar-refractivity contribution < 1.29 is 14.0 Å². The van der Waals surface area contributed by atoms with Crippen molar-refractivity contribution in [2.45, 2.75) is 18.8 Å². The van der Waals surface area contributed by atoms with Crippen LogP contribution in [0.4, 0.5) is 21.6 Å². The lowest BCUT2D eigenvalue weighted by molar-refractivity contribution is 0.0828. The average Bonchev–Trinajstić information content (AvgIpc) is 3.61. The third kappa shape index (κ3) is 4.47. The summed E-state index contributed by atoms with van der Waals surface area (Å²) in [5.74, 6) is -1.42. The Labute approximate surface area is 177 Å². The van der Waals surface area contributed by atoms with Crippen LogP contribution in [-0.4, -0.2) is 50.7 Å². The largest absolute Gasteiger partial charge is 0.345 e. The minimum absolute atomic E-state index is 0.0141. The molecule has 1 aliphatic rings. The molecule has 0 saturated heterocycles. The van der Waals surface area contributed by atoms with Crippen molar-refractivity contribution in [1.29, 1.82) is 0 Å². The SMILES string of the molecule is CN(C)C(=O)c1cccc(F)c1NC(=O)c1nc(C2CC2)cnc1Nc1cncnc1. The minimum atomic E-state index is -0.724. The molecule has 2 amide bonds. The van der Waals surface area contributed by atoms with Crippen LogP contribution in [0.25, 0.3) is 0 Å². The Balaban J connectivity index is 1.70. The molecule has 1 aliphatic carbocycles. The number of aromatic nitrogens is 4. The molecular weight excluding hydrogens is 401 g/mol. The van der Waals surface area contributed by atoms with E-state index >= 15 is 0 Å². The summed E-state index contributed by atoms with van der Waals surface area (Å²) in [6.45, 7) is 0. The maximum Gasteiger partial charge on any atom is 0.278 e. The maximum atomic E-state index is 14.6. The van der Waals surface area contributed by atoms with Gasteiger partial charge < -0.3 is 15.5 Å². The van der Waals surface area contributed by atoms with Crippen LogP contribution in [0.3, 0.4) is 0 Å². The second-order valence-corrected chi connectivity index (χ2v) is 7.33. The van der Waals surface area contributed by atoms with Gasteiger partial charge in [0.05, 0.1) is 41.2 Å². The van der Waals surface area contributed by atoms with Crippen LogP contribution in [0.2, 0.25) is 0 Å². The number of halogens is 1. The topological polar surface area (TPSA) is 113 Å². The van der Waals surface area contributed by atoms with E-state index in [0.717, 1.165) is 12.8 Å². The summed E-state index contributed by atoms with van der Waals surface area (Å²) in [6.07, 6.45) is 7.99. The third-order valence-corrected chi connectivity index (χ3v) is 4.71. The summed E-state index contributed by atoms with van der Waals surface area (Å²) in [7, 11) is 3.10. The van der Waals surface area contributed by atoms with Crippen molar-refractivity contribution in [2.75, 3.05) is 24.7 Å². The highest BCUT2D eigenvalue weighted by Gasteiger charge is 2.28. The first-order valence-electron chi connectivity index (χ1n) is 9.64. The van der Waals surface area contributed by atoms with Crippen molar-refractivity contribution in [3.05, 3.63) is 65.9 Å². The number of nitrogens with one attached hydrogen (secondary N) is 2. The highest BCUT2D eigenvalue weighted by Crippen LogP contribution is 2.39. The molecule has 0 spiro atoms. The molecule has 10 heteroatoms. The number of para-hydroxylation sites is 1. The van der Waals surface area contributed by atoms with Crippen molar-refractivity contribution >= 4 is 29.0 Å². The fraction of sp³-hybridized carbons (Fsp3) is 0.238. The van der Waals surface area contributed by atoms with Gasteiger partial charge in [0.2, 0.25) is 0 Å². The molecule has 0 unspecified atom stereocenters. The summed E-state index contributed by atoms with van der Waals surface area (Å²) in [5.41, 5.74) is 1.02. The van der Waals surface area contributed by atoms with E-state index in [1.54, 1.807) is 20.3 Å². The molecule has 158 valence electrons. The Morgan fingerprint density at radius 2 is 1.87 bits per heavy atom. The second kappa shape index (κ2) is 8.42. The molecule has 1 fully saturated rings. The molecule has 0 aliphatic heterocycles. The first-order chi connectivity index (χ1) is 14.9. The minimum Gasteiger partial charge on any atom is -0.345 e. The van der Waals surface area contributed by atoms with Gasteiger partial charge in [0.15, 0.2) is 11.5 Å². The van der Waals surface area contributed by atoms with Crippen LogP contribution in [-0.2, 0) is 0 Å². The predicted molar refractivity (Wildman–Crippen MR) is 112 cm³/mol. The average molecular weight is 421 g/mol. The lowest BCUT2D eigenvalue weighted by atomic mass is 10.1. The molecular formula is C21H20FN7O2. The Bertz CT molecular complexity index is 1130. The van der Waals surface area contributed by atoms with Gasteiger partial charge in [-0.15, -0.1) is 0 Å². The molecule has 1 saturated carbocycles. The Morgan fingerprint density at radius 3 is 2.55 bits per heavy atom. The van der Waals surface area contributed by atoms with E-state index in [9.17, 15) is 14.0 Å². The van der Waals surface area contributed by atoms with Crippen LogP contribution in [0.5, 0.6) is 0 Å². The quantitative estimate of drug-likeness (QED) is 0.629. The number of carbonyl (C=O) groups is 2. The molecule has 0 atom stereocenters. The van der Waals surface area contributed by atoms with Gasteiger partial charge in [-0.05, 0) is 25.0 Å². The lowest BCUT2D eigenvalue weighted by Crippen LogP contribution is -2.25. The van der Waals surface area contributed by atoms with E-state index in [1.807, 2.05) is 0 Å². The molecule has 2 N–H and O–H groups in total. The number of carbonyl (C=O) groups excluding carboxylic acids is 2. The van der Waals surface area contributed by atoms with Gasteiger partial charge in [0.1, 0.15) is 12.1 Å². The lowest BCUT2D eigenvalue weighted by Gasteiger charge is -2.16. The summed E-state index contributed by atoms with van der Waals surface area (Å²) in [4.78, 5) is 43.6. The Morgan fingerprint density at radius 1 is 1.13 bits per heavy atom. The monoisotopic (exact) mass is 421 g/mol. The zero-order chi connectivity index (χ0) is 22.0. The van der Waals surface area contributed by atoms with Crippen molar-refractivity contribution in [2.24, 2.45) is 0 Å². The van der Waals surface area contributed by atoms with Gasteiger partial charge >= 0.3 is 0 Å². The second-order valence-electron chi connectivity index (χ2n) is 7.33. The summed E-state index contributed by atoms with van der Waals surface area (Å²) in [6, 6.07) is 4.04. The first kappa shape index (κ1) is 20.3. The van der Waals surface area contributed by atoms with Gasteiger partial charge in [-0.2, -0.15) is 0 Å². The number of benzene rings is 1. The standard InChI is InChI=1S/C21H20FN7O2/c1-29(2)21(31)14-4-3-5-15(22)17(14)28-20(30)18-19(26-13-8-23-11-24-9-13)25-10-16(27-18)12-6-7-12/h3-5,8-12H,6-7H2,1-2H3,(H,25,26)(H,28,30). The van der Waals surface area contributed by atoms with Crippen molar-refractivity contribution in [3.8, 4) is 0 Å². The van der Waals surface area contributed by atoms with Gasteiger partial charge in [0.25, 0.3) is 11.8 Å². The normalized spacial score (nSPS) is 12.9. The molecule has 0 radical (unpaired) electrons. The number of hydrogen-bond donors (Lipinski definition) is 2. The highest BCUT2D eigenvalue weighted by atomic mass is 19.1. The number of amides is 2. The van der Waals surface area contributed by atoms with E-state index in [2.05, 4.69) is 30.6 Å². The van der Waals surface area contributed by atoms with E-state index < -0.39 is 17.6 Å². The molecule has 2 heterocycles. The summed E-state index contributed by atoms with van der Waals surface area (Å²) >= 11 is 0. The van der Waals surface area contributed by atoms with E-state index in [1.165, 1.54) is 41.8 Å². The number of nitrogens with zero attached hydrogens (tertiary/aromatic N) is 5. The number of hydrogen-bond acceptors (Lipinski definition) is 7. The fourth-order valence-corrected chi connectivity index (χ4v) is 2.97. The number of rotatable bonds is 6. The maximum absolute atomic E-state index is 14.6. The Hall–Kier alpha value is -3.95. The molecule has 0 bridgehead atoms. The zero-order valence-corrected chi connectivity index (χ0v) is 17.0. The molecule has 9 nitrogen and oxygen atoms in total. The molecule has 3 aromatic rings. The zero-order valence-electron chi connectivity index (χ0n) is 17.0. The molecule has 2 aromatic heterocycles. The summed E-state index contributed by atoms with van der Waals surface area (Å²) in [5, 5.41) is 5.48. The highest BCUT2D eigenvalue weighted by molar-refractivity contribution is 6.10. The summed E-state index contributed by atoms with van der Waals surface area (Å²) < 4.78 is 14.6. The third-order valence-electron chi connectivity index (χ3n) is 4.71. The van der Waals surface area contributed by atoms with E-state index in [4.69, 9.17) is 0 Å². The van der Waals surface area contributed by atoms with E-state index in [0.29, 0.717) is 11.4 Å². The predicted octanol–water partition coefficient (Wildman–Crippen LogP) is 2.98. The van der Waals surface area contributed by atoms with Crippen LogP contribution in [0.15, 0.2) is 43.1 Å². The van der Waals surface area contributed by atoms with Gasteiger partial charge in [-0.25, -0.2) is 24.3 Å². The first-order valence-corrected chi connectivity index (χ1v) is 9.64. The van der Waals surface area contributed by atoms with E-state index in [-0.39, 0.29) is 28.7 Å². The number of anilines is 3. The van der Waals surface area contributed by atoms with Crippen LogP contribution >= 0.6 is 0 Å². The Kier molecular flexibility index (Phi) is 5.52. The van der Waals surface area contributed by atoms with Crippen LogP contribution in [0, 0.1) is 5.82 Å².